The van der Waals surface area contributed by atoms with E-state index in [1.165, 1.54) is 12.1 Å². The fourth-order valence-electron chi connectivity index (χ4n) is 1.97. The summed E-state index contributed by atoms with van der Waals surface area (Å²) in [5.74, 6) is 1.83. The normalized spacial score (nSPS) is 10.8. The number of hydrogen-bond acceptors (Lipinski definition) is 4. The molecular weight excluding hydrogens is 255 g/mol. The fourth-order valence-corrected chi connectivity index (χ4v) is 1.97. The Bertz CT molecular complexity index is 581. The summed E-state index contributed by atoms with van der Waals surface area (Å²) >= 11 is 0. The first kappa shape index (κ1) is 14.2. The lowest BCUT2D eigenvalue weighted by Gasteiger charge is -2.23. The minimum atomic E-state index is -0.255. The van der Waals surface area contributed by atoms with Crippen molar-refractivity contribution in [1.29, 1.82) is 0 Å². The summed E-state index contributed by atoms with van der Waals surface area (Å²) in [7, 11) is 0. The molecule has 1 aromatic carbocycles. The Morgan fingerprint density at radius 3 is 2.40 bits per heavy atom. The molecule has 106 valence electrons. The smallest absolute Gasteiger partial charge is 0.138 e. The number of nitrogen functional groups attached to an aromatic ring is 1. The molecule has 0 fully saturated rings. The van der Waals surface area contributed by atoms with Gasteiger partial charge in [0.2, 0.25) is 0 Å². The Labute approximate surface area is 118 Å². The van der Waals surface area contributed by atoms with Gasteiger partial charge in [0.1, 0.15) is 23.3 Å². The van der Waals surface area contributed by atoms with Crippen LogP contribution in [0.15, 0.2) is 30.3 Å². The van der Waals surface area contributed by atoms with Crippen LogP contribution >= 0.6 is 0 Å². The number of benzene rings is 1. The van der Waals surface area contributed by atoms with Crippen molar-refractivity contribution in [1.82, 2.24) is 9.97 Å². The van der Waals surface area contributed by atoms with E-state index in [4.69, 9.17) is 5.73 Å². The van der Waals surface area contributed by atoms with Gasteiger partial charge in [-0.25, -0.2) is 14.4 Å². The van der Waals surface area contributed by atoms with Crippen LogP contribution in [0.1, 0.15) is 32.5 Å². The summed E-state index contributed by atoms with van der Waals surface area (Å²) < 4.78 is 13.0. The van der Waals surface area contributed by atoms with E-state index in [-0.39, 0.29) is 11.7 Å². The minimum Gasteiger partial charge on any atom is -0.384 e. The maximum Gasteiger partial charge on any atom is 0.138 e. The zero-order chi connectivity index (χ0) is 14.7. The van der Waals surface area contributed by atoms with Crippen molar-refractivity contribution in [2.45, 2.75) is 26.7 Å². The van der Waals surface area contributed by atoms with Gasteiger partial charge in [-0.3, -0.25) is 0 Å². The van der Waals surface area contributed by atoms with Crippen LogP contribution in [0.3, 0.4) is 0 Å². The molecule has 0 saturated heterocycles. The predicted octanol–water partition coefficient (Wildman–Crippen LogP) is 3.48. The van der Waals surface area contributed by atoms with Gasteiger partial charge in [0.15, 0.2) is 0 Å². The number of halogens is 1. The largest absolute Gasteiger partial charge is 0.384 e. The maximum absolute atomic E-state index is 13.0. The monoisotopic (exact) mass is 274 g/mol. The molecule has 1 aromatic heterocycles. The standard InChI is InChI=1S/C15H19FN4/c1-4-20(12-7-5-11(16)6-8-12)14-9-13(17)18-15(19-14)10(2)3/h5-10H,4H2,1-3H3,(H2,17,18,19). The van der Waals surface area contributed by atoms with Gasteiger partial charge in [-0.15, -0.1) is 0 Å². The van der Waals surface area contributed by atoms with E-state index in [0.717, 1.165) is 11.5 Å². The molecule has 0 atom stereocenters. The molecule has 5 heteroatoms. The Hall–Kier alpha value is -2.17. The van der Waals surface area contributed by atoms with Crippen LogP contribution < -0.4 is 10.6 Å². The second-order valence-electron chi connectivity index (χ2n) is 4.88. The molecule has 0 bridgehead atoms. The number of rotatable bonds is 4. The van der Waals surface area contributed by atoms with Gasteiger partial charge in [0.05, 0.1) is 0 Å². The summed E-state index contributed by atoms with van der Waals surface area (Å²) in [6.07, 6.45) is 0. The minimum absolute atomic E-state index is 0.198. The van der Waals surface area contributed by atoms with Crippen molar-refractivity contribution in [3.63, 3.8) is 0 Å². The molecule has 2 N–H and O–H groups in total. The number of nitrogens with two attached hydrogens (primary N) is 1. The van der Waals surface area contributed by atoms with E-state index in [0.29, 0.717) is 18.2 Å². The molecule has 0 spiro atoms. The molecule has 0 saturated carbocycles. The van der Waals surface area contributed by atoms with Gasteiger partial charge in [-0.2, -0.15) is 0 Å². The summed E-state index contributed by atoms with van der Waals surface area (Å²) in [6, 6.07) is 8.06. The SMILES string of the molecule is CCN(c1ccc(F)cc1)c1cc(N)nc(C(C)C)n1. The highest BCUT2D eigenvalue weighted by Gasteiger charge is 2.13. The lowest BCUT2D eigenvalue weighted by Crippen LogP contribution is -2.19. The van der Waals surface area contributed by atoms with E-state index in [2.05, 4.69) is 9.97 Å². The fraction of sp³-hybridized carbons (Fsp3) is 0.333. The lowest BCUT2D eigenvalue weighted by atomic mass is 10.2. The average Bonchev–Trinajstić information content (AvgIpc) is 2.41. The Balaban J connectivity index is 2.43. The first-order valence-corrected chi connectivity index (χ1v) is 6.68. The van der Waals surface area contributed by atoms with Gasteiger partial charge in [0.25, 0.3) is 0 Å². The predicted molar refractivity (Wildman–Crippen MR) is 79.6 cm³/mol. The van der Waals surface area contributed by atoms with Gasteiger partial charge < -0.3 is 10.6 Å². The van der Waals surface area contributed by atoms with Gasteiger partial charge in [-0.1, -0.05) is 13.8 Å². The van der Waals surface area contributed by atoms with E-state index < -0.39 is 0 Å². The third-order valence-corrected chi connectivity index (χ3v) is 3.00. The van der Waals surface area contributed by atoms with E-state index in [1.54, 1.807) is 18.2 Å². The first-order valence-electron chi connectivity index (χ1n) is 6.68. The van der Waals surface area contributed by atoms with E-state index >= 15 is 0 Å². The highest BCUT2D eigenvalue weighted by atomic mass is 19.1. The zero-order valence-corrected chi connectivity index (χ0v) is 12.0. The number of anilines is 3. The molecule has 0 aliphatic heterocycles. The molecule has 2 rings (SSSR count). The molecule has 1 heterocycles. The second-order valence-corrected chi connectivity index (χ2v) is 4.88. The molecule has 0 unspecified atom stereocenters. The molecule has 0 aliphatic carbocycles. The molecule has 0 amide bonds. The number of hydrogen-bond donors (Lipinski definition) is 1. The maximum atomic E-state index is 13.0. The quantitative estimate of drug-likeness (QED) is 0.927. The third kappa shape index (κ3) is 3.04. The second kappa shape index (κ2) is 5.86. The van der Waals surface area contributed by atoms with Gasteiger partial charge in [0, 0.05) is 24.2 Å². The summed E-state index contributed by atoms with van der Waals surface area (Å²) in [6.45, 7) is 6.76. The number of nitrogens with zero attached hydrogens (tertiary/aromatic N) is 3. The summed E-state index contributed by atoms with van der Waals surface area (Å²) in [5.41, 5.74) is 6.73. The van der Waals surface area contributed by atoms with Gasteiger partial charge in [-0.05, 0) is 31.2 Å². The zero-order valence-electron chi connectivity index (χ0n) is 12.0. The summed E-state index contributed by atoms with van der Waals surface area (Å²) in [5, 5.41) is 0. The highest BCUT2D eigenvalue weighted by molar-refractivity contribution is 5.61. The lowest BCUT2D eigenvalue weighted by molar-refractivity contribution is 0.627. The van der Waals surface area contributed by atoms with Crippen LogP contribution in [0.5, 0.6) is 0 Å². The van der Waals surface area contributed by atoms with Crippen LogP contribution in [0.2, 0.25) is 0 Å². The molecule has 20 heavy (non-hydrogen) atoms. The van der Waals surface area contributed by atoms with Crippen molar-refractivity contribution < 1.29 is 4.39 Å². The van der Waals surface area contributed by atoms with Crippen molar-refractivity contribution in [2.24, 2.45) is 0 Å². The van der Waals surface area contributed by atoms with Crippen LogP contribution in [0.4, 0.5) is 21.7 Å². The van der Waals surface area contributed by atoms with Crippen molar-refractivity contribution in [2.75, 3.05) is 17.2 Å². The Morgan fingerprint density at radius 1 is 1.20 bits per heavy atom. The first-order chi connectivity index (χ1) is 9.51. The van der Waals surface area contributed by atoms with Crippen molar-refractivity contribution in [3.05, 3.63) is 42.0 Å². The highest BCUT2D eigenvalue weighted by Crippen LogP contribution is 2.26. The average molecular weight is 274 g/mol. The van der Waals surface area contributed by atoms with E-state index in [9.17, 15) is 4.39 Å². The molecule has 2 aromatic rings. The number of aromatic nitrogens is 2. The topological polar surface area (TPSA) is 55.0 Å². The Kier molecular flexibility index (Phi) is 4.17. The van der Waals surface area contributed by atoms with Gasteiger partial charge >= 0.3 is 0 Å². The van der Waals surface area contributed by atoms with E-state index in [1.807, 2.05) is 25.7 Å². The van der Waals surface area contributed by atoms with Crippen LogP contribution in [0.25, 0.3) is 0 Å². The van der Waals surface area contributed by atoms with Crippen molar-refractivity contribution >= 4 is 17.3 Å². The van der Waals surface area contributed by atoms with Crippen LogP contribution in [-0.2, 0) is 0 Å². The molecule has 0 radical (unpaired) electrons. The molecule has 4 nitrogen and oxygen atoms in total. The van der Waals surface area contributed by atoms with Crippen molar-refractivity contribution in [3.8, 4) is 0 Å². The third-order valence-electron chi connectivity index (χ3n) is 3.00. The summed E-state index contributed by atoms with van der Waals surface area (Å²) in [4.78, 5) is 10.8. The van der Waals surface area contributed by atoms with Crippen LogP contribution in [-0.4, -0.2) is 16.5 Å². The molecule has 0 aliphatic rings. The van der Waals surface area contributed by atoms with Crippen LogP contribution in [0, 0.1) is 5.82 Å². The Morgan fingerprint density at radius 2 is 1.85 bits per heavy atom. The molecular formula is C15H19FN4.